The maximum absolute atomic E-state index is 13.3. The smallest absolute Gasteiger partial charge is 0.320 e. The van der Waals surface area contributed by atoms with E-state index in [1.807, 2.05) is 32.9 Å². The van der Waals surface area contributed by atoms with Crippen LogP contribution in [0.5, 0.6) is 0 Å². The monoisotopic (exact) mass is 584 g/mol. The number of para-hydroxylation sites is 1. The molecule has 0 aliphatic carbocycles. The normalized spacial score (nSPS) is 20.3. The van der Waals surface area contributed by atoms with Crippen LogP contribution in [0.15, 0.2) is 58.2 Å². The molecule has 3 aliphatic rings. The molecule has 0 unspecified atom stereocenters. The Kier molecular flexibility index (Phi) is 7.22. The molecule has 6 rings (SSSR count). The van der Waals surface area contributed by atoms with Crippen LogP contribution in [0.2, 0.25) is 5.02 Å². The number of fused-ring (bicyclic) bond motifs is 1. The van der Waals surface area contributed by atoms with E-state index in [9.17, 15) is 18.0 Å². The van der Waals surface area contributed by atoms with Crippen LogP contribution in [0.4, 0.5) is 10.7 Å². The van der Waals surface area contributed by atoms with Gasteiger partial charge >= 0.3 is 6.03 Å². The molecule has 0 atom stereocenters. The van der Waals surface area contributed by atoms with E-state index in [0.717, 1.165) is 25.7 Å². The third-order valence-electron chi connectivity index (χ3n) is 8.76. The highest BCUT2D eigenvalue weighted by atomic mass is 35.5. The predicted octanol–water partition coefficient (Wildman–Crippen LogP) is 3.39. The van der Waals surface area contributed by atoms with E-state index >= 15 is 0 Å². The number of amides is 2. The summed E-state index contributed by atoms with van der Waals surface area (Å²) in [6.45, 7) is 4.65. The maximum Gasteiger partial charge on any atom is 0.320 e. The van der Waals surface area contributed by atoms with Crippen molar-refractivity contribution in [3.05, 3.63) is 63.9 Å². The Morgan fingerprint density at radius 1 is 0.850 bits per heavy atom. The molecule has 3 aromatic rings. The number of piperidine rings is 2. The number of likely N-dealkylation sites (tertiary alicyclic amines) is 1. The van der Waals surface area contributed by atoms with E-state index in [1.165, 1.54) is 6.07 Å². The van der Waals surface area contributed by atoms with Crippen LogP contribution in [-0.4, -0.2) is 90.9 Å². The van der Waals surface area contributed by atoms with Crippen LogP contribution in [0, 0.1) is 5.41 Å². The number of halogens is 1. The minimum absolute atomic E-state index is 0.0513. The van der Waals surface area contributed by atoms with Crippen LogP contribution < -0.4 is 10.5 Å². The molecule has 2 amide bonds. The summed E-state index contributed by atoms with van der Waals surface area (Å²) in [6, 6.07) is 13.8. The van der Waals surface area contributed by atoms with Gasteiger partial charge in [0.2, 0.25) is 16.0 Å². The fourth-order valence-corrected chi connectivity index (χ4v) is 7.93. The van der Waals surface area contributed by atoms with Crippen molar-refractivity contribution in [1.82, 2.24) is 24.1 Å². The Morgan fingerprint density at radius 3 is 2.20 bits per heavy atom. The standard InChI is InChI=1S/C28H33ClN6O4S/c29-21-4-3-5-22(20-21)40(38,39)35-14-10-28(11-15-35)8-12-33(13-9-28)27(37)34-18-16-32(17-19-34)26-30-24-7-2-1-6-23(24)25(36)31-26/h1-7,20H,8-19H2,(H,30,31,36). The number of rotatable bonds is 3. The van der Waals surface area contributed by atoms with Crippen molar-refractivity contribution in [2.75, 3.05) is 57.3 Å². The number of aromatic amines is 1. The van der Waals surface area contributed by atoms with Gasteiger partial charge in [0.05, 0.1) is 15.8 Å². The predicted molar refractivity (Wildman–Crippen MR) is 154 cm³/mol. The second kappa shape index (κ2) is 10.7. The van der Waals surface area contributed by atoms with Gasteiger partial charge in [0, 0.05) is 57.4 Å². The first kappa shape index (κ1) is 27.0. The third-order valence-corrected chi connectivity index (χ3v) is 10.9. The van der Waals surface area contributed by atoms with Crippen molar-refractivity contribution in [1.29, 1.82) is 0 Å². The molecule has 3 saturated heterocycles. The van der Waals surface area contributed by atoms with Gasteiger partial charge in [0.1, 0.15) is 0 Å². The molecule has 0 saturated carbocycles. The number of urea groups is 1. The van der Waals surface area contributed by atoms with Gasteiger partial charge in [-0.25, -0.2) is 18.2 Å². The summed E-state index contributed by atoms with van der Waals surface area (Å²) in [7, 11) is -3.57. The van der Waals surface area contributed by atoms with Gasteiger partial charge in [0.25, 0.3) is 5.56 Å². The summed E-state index contributed by atoms with van der Waals surface area (Å²) in [4.78, 5) is 39.4. The van der Waals surface area contributed by atoms with Crippen molar-refractivity contribution in [2.45, 2.75) is 30.6 Å². The lowest BCUT2D eigenvalue weighted by atomic mass is 9.71. The molecule has 3 fully saturated rings. The van der Waals surface area contributed by atoms with Gasteiger partial charge in [-0.2, -0.15) is 4.31 Å². The molecule has 212 valence electrons. The Bertz CT molecular complexity index is 1570. The zero-order chi connectivity index (χ0) is 27.9. The van der Waals surface area contributed by atoms with Crippen molar-refractivity contribution < 1.29 is 13.2 Å². The fraction of sp³-hybridized carbons (Fsp3) is 0.464. The zero-order valence-electron chi connectivity index (χ0n) is 22.3. The number of nitrogens with zero attached hydrogens (tertiary/aromatic N) is 5. The number of piperazine rings is 1. The van der Waals surface area contributed by atoms with Gasteiger partial charge in [-0.05, 0) is 61.4 Å². The van der Waals surface area contributed by atoms with Crippen LogP contribution in [-0.2, 0) is 10.0 Å². The van der Waals surface area contributed by atoms with E-state index < -0.39 is 10.0 Å². The summed E-state index contributed by atoms with van der Waals surface area (Å²) >= 11 is 6.03. The first-order chi connectivity index (χ1) is 19.2. The van der Waals surface area contributed by atoms with E-state index in [1.54, 1.807) is 28.6 Å². The van der Waals surface area contributed by atoms with Crippen molar-refractivity contribution >= 4 is 44.5 Å². The maximum atomic E-state index is 13.3. The SMILES string of the molecule is O=C(N1CCN(c2nc3ccccc3c(=O)[nH]2)CC1)N1CCC2(CC1)CCN(S(=O)(=O)c1cccc(Cl)c1)CC2. The van der Waals surface area contributed by atoms with E-state index in [0.29, 0.717) is 74.2 Å². The van der Waals surface area contributed by atoms with Gasteiger partial charge < -0.3 is 14.7 Å². The van der Waals surface area contributed by atoms with Gasteiger partial charge in [-0.1, -0.05) is 29.8 Å². The molecule has 12 heteroatoms. The van der Waals surface area contributed by atoms with Crippen molar-refractivity contribution in [3.8, 4) is 0 Å². The quantitative estimate of drug-likeness (QED) is 0.505. The molecule has 3 aliphatic heterocycles. The van der Waals surface area contributed by atoms with Gasteiger partial charge in [-0.15, -0.1) is 0 Å². The minimum Gasteiger partial charge on any atom is -0.339 e. The average Bonchev–Trinajstić information content (AvgIpc) is 2.97. The molecule has 1 aromatic heterocycles. The molecule has 10 nitrogen and oxygen atoms in total. The molecular weight excluding hydrogens is 552 g/mol. The van der Waals surface area contributed by atoms with Crippen LogP contribution in [0.1, 0.15) is 25.7 Å². The molecule has 4 heterocycles. The Morgan fingerprint density at radius 2 is 1.50 bits per heavy atom. The third kappa shape index (κ3) is 5.17. The number of hydrogen-bond acceptors (Lipinski definition) is 6. The van der Waals surface area contributed by atoms with Gasteiger partial charge in [0.15, 0.2) is 0 Å². The number of sulfonamides is 1. The number of anilines is 1. The Labute approximate surface area is 238 Å². The summed E-state index contributed by atoms with van der Waals surface area (Å²) < 4.78 is 27.8. The van der Waals surface area contributed by atoms with Crippen LogP contribution in [0.3, 0.4) is 0 Å². The van der Waals surface area contributed by atoms with Crippen LogP contribution >= 0.6 is 11.6 Å². The lowest BCUT2D eigenvalue weighted by Crippen LogP contribution is -2.56. The summed E-state index contributed by atoms with van der Waals surface area (Å²) in [6.07, 6.45) is 3.35. The van der Waals surface area contributed by atoms with Crippen molar-refractivity contribution in [2.24, 2.45) is 5.41 Å². The van der Waals surface area contributed by atoms with E-state index in [4.69, 9.17) is 11.6 Å². The summed E-state index contributed by atoms with van der Waals surface area (Å²) in [5, 5.41) is 0.977. The number of aromatic nitrogens is 2. The Balaban J connectivity index is 1.01. The highest BCUT2D eigenvalue weighted by molar-refractivity contribution is 7.89. The largest absolute Gasteiger partial charge is 0.339 e. The zero-order valence-corrected chi connectivity index (χ0v) is 23.8. The molecule has 0 bridgehead atoms. The fourth-order valence-electron chi connectivity index (χ4n) is 6.18. The molecule has 0 radical (unpaired) electrons. The molecule has 2 aromatic carbocycles. The average molecular weight is 585 g/mol. The molecular formula is C28H33ClN6O4S. The highest BCUT2D eigenvalue weighted by Crippen LogP contribution is 2.42. The topological polar surface area (TPSA) is 110 Å². The highest BCUT2D eigenvalue weighted by Gasteiger charge is 2.42. The number of hydrogen-bond donors (Lipinski definition) is 1. The number of carbonyl (C=O) groups excluding carboxylic acids is 1. The molecule has 40 heavy (non-hydrogen) atoms. The van der Waals surface area contributed by atoms with Gasteiger partial charge in [-0.3, -0.25) is 9.78 Å². The van der Waals surface area contributed by atoms with E-state index in [-0.39, 0.29) is 21.9 Å². The number of carbonyl (C=O) groups is 1. The van der Waals surface area contributed by atoms with Crippen molar-refractivity contribution in [3.63, 3.8) is 0 Å². The molecule has 1 N–H and O–H groups in total. The second-order valence-corrected chi connectivity index (χ2v) is 13.4. The number of H-pyrrole nitrogens is 1. The number of benzene rings is 2. The first-order valence-electron chi connectivity index (χ1n) is 13.8. The molecule has 1 spiro atoms. The second-order valence-electron chi connectivity index (χ2n) is 11.0. The van der Waals surface area contributed by atoms with Crippen LogP contribution in [0.25, 0.3) is 10.9 Å². The number of nitrogens with one attached hydrogen (secondary N) is 1. The lowest BCUT2D eigenvalue weighted by Gasteiger charge is -2.47. The minimum atomic E-state index is -3.57. The lowest BCUT2D eigenvalue weighted by molar-refractivity contribution is 0.0585. The Hall–Kier alpha value is -3.15. The first-order valence-corrected chi connectivity index (χ1v) is 15.6. The summed E-state index contributed by atoms with van der Waals surface area (Å²) in [5.74, 6) is 0.541. The van der Waals surface area contributed by atoms with E-state index in [2.05, 4.69) is 9.97 Å². The summed E-state index contributed by atoms with van der Waals surface area (Å²) in [5.41, 5.74) is 0.577.